The van der Waals surface area contributed by atoms with E-state index < -0.39 is 0 Å². The van der Waals surface area contributed by atoms with Gasteiger partial charge in [-0.3, -0.25) is 0 Å². The van der Waals surface area contributed by atoms with Crippen molar-refractivity contribution in [3.63, 3.8) is 0 Å². The Hall–Kier alpha value is -1.61. The number of hydrogen-bond acceptors (Lipinski definition) is 3. The summed E-state index contributed by atoms with van der Waals surface area (Å²) in [5, 5.41) is 3.30. The number of oxazole rings is 1. The molecule has 0 atom stereocenters. The van der Waals surface area contributed by atoms with E-state index >= 15 is 0 Å². The van der Waals surface area contributed by atoms with Gasteiger partial charge in [-0.2, -0.15) is 0 Å². The number of rotatable bonds is 6. The molecule has 0 fully saturated rings. The number of benzene rings is 1. The van der Waals surface area contributed by atoms with Gasteiger partial charge in [0.2, 0.25) is 0 Å². The Morgan fingerprint density at radius 3 is 2.61 bits per heavy atom. The van der Waals surface area contributed by atoms with E-state index in [2.05, 4.69) is 36.3 Å². The van der Waals surface area contributed by atoms with Gasteiger partial charge in [-0.1, -0.05) is 44.2 Å². The minimum absolute atomic E-state index is 0.734. The summed E-state index contributed by atoms with van der Waals surface area (Å²) >= 11 is 0. The second-order valence-electron chi connectivity index (χ2n) is 4.28. The molecule has 0 saturated heterocycles. The van der Waals surface area contributed by atoms with Crippen LogP contribution < -0.4 is 5.32 Å². The van der Waals surface area contributed by atoms with Crippen LogP contribution in [0.5, 0.6) is 0 Å². The first-order chi connectivity index (χ1) is 8.85. The van der Waals surface area contributed by atoms with Crippen LogP contribution in [0.25, 0.3) is 11.3 Å². The van der Waals surface area contributed by atoms with E-state index in [0.717, 1.165) is 48.8 Å². The Labute approximate surface area is 108 Å². The molecule has 1 N–H and O–H groups in total. The Kier molecular flexibility index (Phi) is 4.53. The quantitative estimate of drug-likeness (QED) is 0.846. The van der Waals surface area contributed by atoms with E-state index in [0.29, 0.717) is 0 Å². The van der Waals surface area contributed by atoms with Crippen LogP contribution in [0.1, 0.15) is 31.9 Å². The highest BCUT2D eigenvalue weighted by atomic mass is 16.4. The molecule has 0 aliphatic heterocycles. The third-order valence-corrected chi connectivity index (χ3v) is 2.79. The molecule has 96 valence electrons. The van der Waals surface area contributed by atoms with E-state index in [1.165, 1.54) is 0 Å². The van der Waals surface area contributed by atoms with Gasteiger partial charge in [0, 0.05) is 12.0 Å². The molecule has 0 radical (unpaired) electrons. The van der Waals surface area contributed by atoms with Crippen molar-refractivity contribution in [3.8, 4) is 11.3 Å². The lowest BCUT2D eigenvalue weighted by molar-refractivity contribution is 0.440. The van der Waals surface area contributed by atoms with E-state index in [1.807, 2.05) is 18.2 Å². The molecular formula is C15H20N2O. The molecule has 2 aromatic rings. The lowest BCUT2D eigenvalue weighted by Crippen LogP contribution is -2.11. The van der Waals surface area contributed by atoms with Gasteiger partial charge in [-0.05, 0) is 13.0 Å². The fraction of sp³-hybridized carbons (Fsp3) is 0.400. The van der Waals surface area contributed by atoms with Crippen molar-refractivity contribution in [1.82, 2.24) is 10.3 Å². The Morgan fingerprint density at radius 1 is 1.17 bits per heavy atom. The monoisotopic (exact) mass is 244 g/mol. The molecule has 0 unspecified atom stereocenters. The fourth-order valence-corrected chi connectivity index (χ4v) is 1.90. The number of hydrogen-bond donors (Lipinski definition) is 1. The first kappa shape index (κ1) is 12.8. The van der Waals surface area contributed by atoms with Gasteiger partial charge in [0.25, 0.3) is 0 Å². The summed E-state index contributed by atoms with van der Waals surface area (Å²) in [5.41, 5.74) is 2.09. The van der Waals surface area contributed by atoms with Gasteiger partial charge < -0.3 is 9.73 Å². The first-order valence-electron chi connectivity index (χ1n) is 6.59. The minimum Gasteiger partial charge on any atom is -0.444 e. The van der Waals surface area contributed by atoms with Gasteiger partial charge >= 0.3 is 0 Å². The second kappa shape index (κ2) is 6.36. The van der Waals surface area contributed by atoms with Gasteiger partial charge in [0.1, 0.15) is 11.5 Å². The van der Waals surface area contributed by atoms with Crippen molar-refractivity contribution >= 4 is 0 Å². The van der Waals surface area contributed by atoms with Gasteiger partial charge in [0.05, 0.1) is 6.54 Å². The molecule has 1 aromatic heterocycles. The zero-order chi connectivity index (χ0) is 12.8. The smallest absolute Gasteiger partial charge is 0.195 e. The molecule has 0 aliphatic rings. The normalized spacial score (nSPS) is 10.8. The highest BCUT2D eigenvalue weighted by Crippen LogP contribution is 2.24. The molecule has 0 amide bonds. The summed E-state index contributed by atoms with van der Waals surface area (Å²) in [6, 6.07) is 10.2. The average Bonchev–Trinajstić information content (AvgIpc) is 2.81. The van der Waals surface area contributed by atoms with Crippen LogP contribution >= 0.6 is 0 Å². The standard InChI is InChI=1S/C15H20N2O/c1-3-8-14-17-15(12-9-6-5-7-10-12)13(18-14)11-16-4-2/h5-7,9-10,16H,3-4,8,11H2,1-2H3. The molecule has 18 heavy (non-hydrogen) atoms. The molecular weight excluding hydrogens is 224 g/mol. The summed E-state index contributed by atoms with van der Waals surface area (Å²) in [7, 11) is 0. The van der Waals surface area contributed by atoms with E-state index in [-0.39, 0.29) is 0 Å². The maximum atomic E-state index is 5.84. The molecule has 1 heterocycles. The van der Waals surface area contributed by atoms with Crippen molar-refractivity contribution in [2.45, 2.75) is 33.2 Å². The number of aryl methyl sites for hydroxylation is 1. The highest BCUT2D eigenvalue weighted by molar-refractivity contribution is 5.61. The molecule has 1 aromatic carbocycles. The largest absolute Gasteiger partial charge is 0.444 e. The number of nitrogens with one attached hydrogen (secondary N) is 1. The summed E-state index contributed by atoms with van der Waals surface area (Å²) in [6.45, 7) is 5.89. The van der Waals surface area contributed by atoms with Gasteiger partial charge in [0.15, 0.2) is 5.89 Å². The second-order valence-corrected chi connectivity index (χ2v) is 4.28. The number of nitrogens with zero attached hydrogens (tertiary/aromatic N) is 1. The van der Waals surface area contributed by atoms with Crippen molar-refractivity contribution in [2.75, 3.05) is 6.54 Å². The molecule has 0 bridgehead atoms. The Bertz CT molecular complexity index is 476. The fourth-order valence-electron chi connectivity index (χ4n) is 1.90. The highest BCUT2D eigenvalue weighted by Gasteiger charge is 2.13. The van der Waals surface area contributed by atoms with Crippen molar-refractivity contribution in [2.24, 2.45) is 0 Å². The van der Waals surface area contributed by atoms with Crippen LogP contribution in [0.3, 0.4) is 0 Å². The summed E-state index contributed by atoms with van der Waals surface area (Å²) in [6.07, 6.45) is 1.95. The zero-order valence-corrected chi connectivity index (χ0v) is 11.1. The molecule has 3 heteroatoms. The predicted molar refractivity (Wildman–Crippen MR) is 73.3 cm³/mol. The van der Waals surface area contributed by atoms with Crippen LogP contribution in [0.2, 0.25) is 0 Å². The van der Waals surface area contributed by atoms with Gasteiger partial charge in [-0.15, -0.1) is 0 Å². The molecule has 0 aliphatic carbocycles. The summed E-state index contributed by atoms with van der Waals surface area (Å²) in [4.78, 5) is 4.62. The van der Waals surface area contributed by atoms with Gasteiger partial charge in [-0.25, -0.2) is 4.98 Å². The topological polar surface area (TPSA) is 38.1 Å². The van der Waals surface area contributed by atoms with Crippen LogP contribution in [-0.4, -0.2) is 11.5 Å². The maximum Gasteiger partial charge on any atom is 0.195 e. The summed E-state index contributed by atoms with van der Waals surface area (Å²) in [5.74, 6) is 1.77. The van der Waals surface area contributed by atoms with Crippen LogP contribution in [-0.2, 0) is 13.0 Å². The average molecular weight is 244 g/mol. The van der Waals surface area contributed by atoms with Crippen LogP contribution in [0.15, 0.2) is 34.7 Å². The van der Waals surface area contributed by atoms with Crippen molar-refractivity contribution < 1.29 is 4.42 Å². The predicted octanol–water partition coefficient (Wildman–Crippen LogP) is 3.40. The Morgan fingerprint density at radius 2 is 1.94 bits per heavy atom. The molecule has 0 spiro atoms. The van der Waals surface area contributed by atoms with Crippen LogP contribution in [0.4, 0.5) is 0 Å². The third-order valence-electron chi connectivity index (χ3n) is 2.79. The SMILES string of the molecule is CCCc1nc(-c2ccccc2)c(CNCC)o1. The maximum absolute atomic E-state index is 5.84. The zero-order valence-electron chi connectivity index (χ0n) is 11.1. The number of aromatic nitrogens is 1. The summed E-state index contributed by atoms with van der Waals surface area (Å²) < 4.78 is 5.84. The first-order valence-corrected chi connectivity index (χ1v) is 6.59. The van der Waals surface area contributed by atoms with E-state index in [9.17, 15) is 0 Å². The van der Waals surface area contributed by atoms with E-state index in [4.69, 9.17) is 4.42 Å². The lowest BCUT2D eigenvalue weighted by Gasteiger charge is -2.01. The third kappa shape index (κ3) is 2.99. The molecule has 0 saturated carbocycles. The van der Waals surface area contributed by atoms with Crippen molar-refractivity contribution in [1.29, 1.82) is 0 Å². The minimum atomic E-state index is 0.734. The lowest BCUT2D eigenvalue weighted by atomic mass is 10.1. The molecule has 3 nitrogen and oxygen atoms in total. The Balaban J connectivity index is 2.31. The van der Waals surface area contributed by atoms with E-state index in [1.54, 1.807) is 0 Å². The molecule has 2 rings (SSSR count). The van der Waals surface area contributed by atoms with Crippen LogP contribution in [0, 0.1) is 0 Å². The van der Waals surface area contributed by atoms with Crippen molar-refractivity contribution in [3.05, 3.63) is 42.0 Å².